The van der Waals surface area contributed by atoms with E-state index in [4.69, 9.17) is 17.3 Å². The number of hydrogen-bond donors (Lipinski definition) is 2. The smallest absolute Gasteiger partial charge is 0.275 e. The molecule has 1 fully saturated rings. The van der Waals surface area contributed by atoms with Crippen molar-refractivity contribution in [2.24, 2.45) is 0 Å². The third-order valence-electron chi connectivity index (χ3n) is 4.87. The van der Waals surface area contributed by atoms with E-state index in [1.807, 2.05) is 46.6 Å². The van der Waals surface area contributed by atoms with Crippen molar-refractivity contribution < 1.29 is 9.69 Å². The summed E-state index contributed by atoms with van der Waals surface area (Å²) in [6, 6.07) is 14.4. The maximum atomic E-state index is 12.1. The number of carbonyl (C=O) groups excluding carboxylic acids is 1. The Morgan fingerprint density at radius 3 is 2.62 bits per heavy atom. The molecule has 0 aliphatic heterocycles. The highest BCUT2D eigenvalue weighted by Crippen LogP contribution is 2.19. The van der Waals surface area contributed by atoms with E-state index in [2.05, 4.69) is 22.4 Å². The first kappa shape index (κ1) is 19.5. The van der Waals surface area contributed by atoms with E-state index in [0.717, 1.165) is 34.7 Å². The number of quaternary nitrogens is 1. The van der Waals surface area contributed by atoms with Crippen LogP contribution in [0.1, 0.15) is 18.4 Å². The number of nitrogens with zero attached hydrogens (tertiary/aromatic N) is 4. The predicted octanol–water partition coefficient (Wildman–Crippen LogP) is 1.28. The Morgan fingerprint density at radius 2 is 1.93 bits per heavy atom. The molecule has 8 heteroatoms. The zero-order chi connectivity index (χ0) is 20.2. The Labute approximate surface area is 175 Å². The summed E-state index contributed by atoms with van der Waals surface area (Å²) in [6.45, 7) is 1.56. The summed E-state index contributed by atoms with van der Waals surface area (Å²) >= 11 is 5.76. The van der Waals surface area contributed by atoms with E-state index in [-0.39, 0.29) is 5.91 Å². The fraction of sp³-hybridized carbons (Fsp3) is 0.333. The largest absolute Gasteiger partial charge is 0.348 e. The Kier molecular flexibility index (Phi) is 5.82. The lowest BCUT2D eigenvalue weighted by atomic mass is 10.2. The normalized spacial score (nSPS) is 14.5. The predicted molar refractivity (Wildman–Crippen MR) is 113 cm³/mol. The van der Waals surface area contributed by atoms with Crippen LogP contribution in [0.4, 0.5) is 0 Å². The average Bonchev–Trinajstić information content (AvgIpc) is 3.49. The van der Waals surface area contributed by atoms with Crippen LogP contribution in [-0.2, 0) is 18.0 Å². The molecule has 0 saturated heterocycles. The molecule has 1 aliphatic rings. The van der Waals surface area contributed by atoms with Crippen LogP contribution in [0.2, 0.25) is 0 Å². The van der Waals surface area contributed by atoms with Gasteiger partial charge < -0.3 is 10.2 Å². The zero-order valence-corrected chi connectivity index (χ0v) is 17.2. The number of pyridine rings is 1. The molecule has 150 valence electrons. The Balaban J connectivity index is 1.58. The maximum Gasteiger partial charge on any atom is 0.275 e. The van der Waals surface area contributed by atoms with Crippen molar-refractivity contribution >= 4 is 18.1 Å². The first-order valence-corrected chi connectivity index (χ1v) is 10.2. The summed E-state index contributed by atoms with van der Waals surface area (Å²) in [6.07, 6.45) is 5.69. The molecule has 2 heterocycles. The first-order chi connectivity index (χ1) is 14.1. The summed E-state index contributed by atoms with van der Waals surface area (Å²) in [5.74, 6) is 0.881. The van der Waals surface area contributed by atoms with Crippen molar-refractivity contribution in [1.82, 2.24) is 24.6 Å². The van der Waals surface area contributed by atoms with Gasteiger partial charge in [0.25, 0.3) is 5.91 Å². The van der Waals surface area contributed by atoms with Gasteiger partial charge in [-0.1, -0.05) is 30.3 Å². The standard InChI is InChI=1S/C21H24N6OS/c1-25(14-19(28)23-18-7-8-18)15-27-21(29)26(13-16-5-3-2-4-6-16)20(24-27)17-9-11-22-12-10-17/h2-6,9-12,18H,7-8,13-15H2,1H3,(H,23,28)/p+1. The molecule has 1 amide bonds. The van der Waals surface area contributed by atoms with Crippen molar-refractivity contribution in [1.29, 1.82) is 0 Å². The quantitative estimate of drug-likeness (QED) is 0.550. The number of aromatic nitrogens is 4. The minimum Gasteiger partial charge on any atom is -0.348 e. The van der Waals surface area contributed by atoms with Crippen LogP contribution < -0.4 is 10.2 Å². The number of likely N-dealkylation sites (N-methyl/N-ethyl adjacent to an activating group) is 1. The number of amides is 1. The van der Waals surface area contributed by atoms with Gasteiger partial charge in [-0.3, -0.25) is 14.3 Å². The molecule has 29 heavy (non-hydrogen) atoms. The summed E-state index contributed by atoms with van der Waals surface area (Å²) in [7, 11) is 1.98. The van der Waals surface area contributed by atoms with Crippen molar-refractivity contribution in [2.75, 3.05) is 13.6 Å². The van der Waals surface area contributed by atoms with Crippen molar-refractivity contribution in [3.05, 3.63) is 65.2 Å². The Bertz CT molecular complexity index is 1030. The SMILES string of the molecule is C[NH+](CC(=O)NC1CC1)Cn1nc(-c2ccncc2)n(Cc2ccccc2)c1=S. The number of benzene rings is 1. The number of hydrogen-bond acceptors (Lipinski definition) is 4. The minimum atomic E-state index is 0.0783. The fourth-order valence-corrected chi connectivity index (χ4v) is 3.52. The van der Waals surface area contributed by atoms with E-state index in [0.29, 0.717) is 30.6 Å². The number of carbonyl (C=O) groups is 1. The molecule has 0 spiro atoms. The van der Waals surface area contributed by atoms with Crippen LogP contribution in [0.25, 0.3) is 11.4 Å². The Hall–Kier alpha value is -2.84. The molecule has 7 nitrogen and oxygen atoms in total. The van der Waals surface area contributed by atoms with Gasteiger partial charge in [-0.2, -0.15) is 4.68 Å². The van der Waals surface area contributed by atoms with Crippen LogP contribution in [0.5, 0.6) is 0 Å². The van der Waals surface area contributed by atoms with E-state index in [1.54, 1.807) is 12.4 Å². The van der Waals surface area contributed by atoms with Gasteiger partial charge in [0.2, 0.25) is 4.77 Å². The maximum absolute atomic E-state index is 12.1. The lowest BCUT2D eigenvalue weighted by Crippen LogP contribution is -3.09. The number of nitrogens with one attached hydrogen (secondary N) is 2. The van der Waals surface area contributed by atoms with Gasteiger partial charge in [-0.05, 0) is 42.8 Å². The monoisotopic (exact) mass is 409 g/mol. The van der Waals surface area contributed by atoms with Gasteiger partial charge in [0.15, 0.2) is 19.0 Å². The second-order valence-electron chi connectivity index (χ2n) is 7.55. The van der Waals surface area contributed by atoms with Gasteiger partial charge >= 0.3 is 0 Å². The van der Waals surface area contributed by atoms with Crippen molar-refractivity contribution in [2.45, 2.75) is 32.1 Å². The van der Waals surface area contributed by atoms with Crippen LogP contribution in [0, 0.1) is 4.77 Å². The van der Waals surface area contributed by atoms with Crippen molar-refractivity contribution in [3.63, 3.8) is 0 Å². The third-order valence-corrected chi connectivity index (χ3v) is 5.30. The lowest BCUT2D eigenvalue weighted by molar-refractivity contribution is -0.895. The highest BCUT2D eigenvalue weighted by molar-refractivity contribution is 7.71. The highest BCUT2D eigenvalue weighted by Gasteiger charge is 2.25. The molecule has 1 aliphatic carbocycles. The third kappa shape index (κ3) is 4.96. The fourth-order valence-electron chi connectivity index (χ4n) is 3.26. The molecule has 3 aromatic rings. The van der Waals surface area contributed by atoms with E-state index >= 15 is 0 Å². The van der Waals surface area contributed by atoms with Gasteiger partial charge in [-0.25, -0.2) is 0 Å². The lowest BCUT2D eigenvalue weighted by Gasteiger charge is -2.13. The van der Waals surface area contributed by atoms with Crippen LogP contribution in [-0.4, -0.2) is 44.9 Å². The molecule has 1 aromatic carbocycles. The van der Waals surface area contributed by atoms with Gasteiger partial charge in [0.05, 0.1) is 13.6 Å². The van der Waals surface area contributed by atoms with Crippen LogP contribution in [0.15, 0.2) is 54.9 Å². The molecule has 4 rings (SSSR count). The van der Waals surface area contributed by atoms with E-state index in [1.165, 1.54) is 0 Å². The molecule has 1 unspecified atom stereocenters. The molecular formula is C21H25N6OS+. The average molecular weight is 410 g/mol. The molecule has 2 N–H and O–H groups in total. The van der Waals surface area contributed by atoms with Crippen LogP contribution in [0.3, 0.4) is 0 Å². The molecule has 2 aromatic heterocycles. The van der Waals surface area contributed by atoms with Gasteiger partial charge in [0.1, 0.15) is 0 Å². The molecular weight excluding hydrogens is 384 g/mol. The topological polar surface area (TPSA) is 69.2 Å². The minimum absolute atomic E-state index is 0.0783. The summed E-state index contributed by atoms with van der Waals surface area (Å²) in [5.41, 5.74) is 2.12. The second-order valence-corrected chi connectivity index (χ2v) is 7.91. The summed E-state index contributed by atoms with van der Waals surface area (Å²) in [4.78, 5) is 17.3. The molecule has 0 radical (unpaired) electrons. The molecule has 0 bridgehead atoms. The van der Waals surface area contributed by atoms with Gasteiger partial charge in [-0.15, -0.1) is 5.10 Å². The first-order valence-electron chi connectivity index (χ1n) is 9.83. The summed E-state index contributed by atoms with van der Waals surface area (Å²) < 4.78 is 4.49. The second kappa shape index (κ2) is 8.67. The number of rotatable bonds is 8. The highest BCUT2D eigenvalue weighted by atomic mass is 32.1. The molecule has 1 saturated carbocycles. The van der Waals surface area contributed by atoms with Crippen LogP contribution >= 0.6 is 12.2 Å². The Morgan fingerprint density at radius 1 is 1.21 bits per heavy atom. The van der Waals surface area contributed by atoms with Crippen molar-refractivity contribution in [3.8, 4) is 11.4 Å². The van der Waals surface area contributed by atoms with E-state index < -0.39 is 0 Å². The zero-order valence-electron chi connectivity index (χ0n) is 16.4. The summed E-state index contributed by atoms with van der Waals surface area (Å²) in [5, 5.41) is 7.82. The molecule has 1 atom stereocenters. The van der Waals surface area contributed by atoms with E-state index in [9.17, 15) is 4.79 Å². The van der Waals surface area contributed by atoms with Gasteiger partial charge in [0, 0.05) is 24.0 Å².